The Morgan fingerprint density at radius 3 is 2.37 bits per heavy atom. The minimum Gasteiger partial charge on any atom is -0.341 e. The molecule has 2 aromatic carbocycles. The zero-order valence-electron chi connectivity index (χ0n) is 17.2. The minimum absolute atomic E-state index is 0.0371. The molecule has 3 rings (SSSR count). The summed E-state index contributed by atoms with van der Waals surface area (Å²) in [5, 5.41) is 0.0371. The lowest BCUT2D eigenvalue weighted by Crippen LogP contribution is -2.31. The number of aromatic nitrogens is 2. The normalized spacial score (nSPS) is 11.8. The largest absolute Gasteiger partial charge is 0.341 e. The average Bonchev–Trinajstić information content (AvgIpc) is 3.14. The van der Waals surface area contributed by atoms with Gasteiger partial charge < -0.3 is 4.98 Å². The summed E-state index contributed by atoms with van der Waals surface area (Å²) in [7, 11) is -4.14. The van der Waals surface area contributed by atoms with Crippen molar-refractivity contribution in [3.05, 3.63) is 70.5 Å². The number of carbonyl (C=O) groups excluding carboxylic acids is 1. The molecular formula is C22H24ClN3O3S. The topological polar surface area (TPSA) is 91.9 Å². The molecule has 0 atom stereocenters. The van der Waals surface area contributed by atoms with Gasteiger partial charge in [0.2, 0.25) is 0 Å². The summed E-state index contributed by atoms with van der Waals surface area (Å²) in [6.07, 6.45) is 0. The van der Waals surface area contributed by atoms with Crippen molar-refractivity contribution in [1.29, 1.82) is 0 Å². The third-order valence-corrected chi connectivity index (χ3v) is 6.53. The lowest BCUT2D eigenvalue weighted by Gasteiger charge is -2.09. The van der Waals surface area contributed by atoms with Crippen molar-refractivity contribution in [3.63, 3.8) is 0 Å². The number of H-pyrrole nitrogens is 1. The molecule has 0 unspecified atom stereocenters. The highest BCUT2D eigenvalue weighted by molar-refractivity contribution is 7.90. The van der Waals surface area contributed by atoms with E-state index >= 15 is 0 Å². The van der Waals surface area contributed by atoms with Crippen molar-refractivity contribution in [2.24, 2.45) is 0 Å². The molecule has 158 valence electrons. The minimum atomic E-state index is -4.14. The molecule has 0 aliphatic heterocycles. The fraction of sp³-hybridized carbons (Fsp3) is 0.273. The molecule has 1 amide bonds. The van der Waals surface area contributed by atoms with Crippen LogP contribution >= 0.6 is 11.6 Å². The second-order valence-electron chi connectivity index (χ2n) is 7.65. The van der Waals surface area contributed by atoms with Crippen LogP contribution in [0.4, 0.5) is 0 Å². The number of sulfonamides is 1. The molecule has 0 bridgehead atoms. The highest BCUT2D eigenvalue weighted by Gasteiger charge is 2.26. The van der Waals surface area contributed by atoms with Gasteiger partial charge in [-0.15, -0.1) is 0 Å². The standard InChI is InChI=1S/C22H24ClN3O3S/c1-13(2)15-8-7-9-16(12-15)21-24-19(14(3)4)20(25-21)22(27)26-30(28,29)18-11-6-5-10-17(18)23/h5-14H,1-4H3,(H,24,25)(H,26,27). The first-order chi connectivity index (χ1) is 14.1. The molecule has 0 saturated carbocycles. The lowest BCUT2D eigenvalue weighted by atomic mass is 10.0. The Morgan fingerprint density at radius 2 is 1.73 bits per heavy atom. The number of halogens is 1. The van der Waals surface area contributed by atoms with Gasteiger partial charge in [0.05, 0.1) is 10.7 Å². The Balaban J connectivity index is 1.99. The molecule has 3 aromatic rings. The molecule has 0 aliphatic carbocycles. The summed E-state index contributed by atoms with van der Waals surface area (Å²) in [5.74, 6) is -0.0149. The fourth-order valence-electron chi connectivity index (χ4n) is 3.05. The molecule has 0 fully saturated rings. The lowest BCUT2D eigenvalue weighted by molar-refractivity contribution is 0.0975. The molecule has 6 nitrogen and oxygen atoms in total. The molecule has 0 spiro atoms. The van der Waals surface area contributed by atoms with Gasteiger partial charge >= 0.3 is 0 Å². The number of aromatic amines is 1. The number of amides is 1. The van der Waals surface area contributed by atoms with Gasteiger partial charge in [-0.25, -0.2) is 18.1 Å². The summed E-state index contributed by atoms with van der Waals surface area (Å²) in [4.78, 5) is 20.3. The number of carbonyl (C=O) groups is 1. The fourth-order valence-corrected chi connectivity index (χ4v) is 4.52. The predicted molar refractivity (Wildman–Crippen MR) is 118 cm³/mol. The van der Waals surface area contributed by atoms with Crippen LogP contribution in [0.3, 0.4) is 0 Å². The number of hydrogen-bond donors (Lipinski definition) is 2. The van der Waals surface area contributed by atoms with Crippen molar-refractivity contribution in [3.8, 4) is 11.4 Å². The smallest absolute Gasteiger partial charge is 0.285 e. The van der Waals surface area contributed by atoms with E-state index in [1.165, 1.54) is 12.1 Å². The summed E-state index contributed by atoms with van der Waals surface area (Å²) >= 11 is 5.99. The molecule has 0 aliphatic rings. The molecule has 30 heavy (non-hydrogen) atoms. The third-order valence-electron chi connectivity index (χ3n) is 4.70. The van der Waals surface area contributed by atoms with Crippen LogP contribution in [-0.2, 0) is 10.0 Å². The number of nitrogens with one attached hydrogen (secondary N) is 2. The van der Waals surface area contributed by atoms with Gasteiger partial charge in [0.15, 0.2) is 5.69 Å². The average molecular weight is 446 g/mol. The monoisotopic (exact) mass is 445 g/mol. The van der Waals surface area contributed by atoms with Gasteiger partial charge in [-0.2, -0.15) is 0 Å². The van der Waals surface area contributed by atoms with Crippen LogP contribution in [0.1, 0.15) is 61.3 Å². The maximum absolute atomic E-state index is 12.9. The van der Waals surface area contributed by atoms with Crippen LogP contribution < -0.4 is 4.72 Å². The summed E-state index contributed by atoms with van der Waals surface area (Å²) in [6.45, 7) is 8.00. The van der Waals surface area contributed by atoms with Gasteiger partial charge in [-0.3, -0.25) is 4.79 Å². The van der Waals surface area contributed by atoms with Crippen LogP contribution in [0.2, 0.25) is 5.02 Å². The number of imidazole rings is 1. The van der Waals surface area contributed by atoms with E-state index in [4.69, 9.17) is 11.6 Å². The number of rotatable bonds is 6. The zero-order valence-corrected chi connectivity index (χ0v) is 18.8. The second-order valence-corrected chi connectivity index (χ2v) is 9.71. The summed E-state index contributed by atoms with van der Waals surface area (Å²) < 4.78 is 27.4. The maximum Gasteiger partial charge on any atom is 0.285 e. The molecule has 1 aromatic heterocycles. The van der Waals surface area contributed by atoms with E-state index in [1.54, 1.807) is 12.1 Å². The van der Waals surface area contributed by atoms with Crippen molar-refractivity contribution in [2.75, 3.05) is 0 Å². The molecular weight excluding hydrogens is 422 g/mol. The molecule has 0 saturated heterocycles. The highest BCUT2D eigenvalue weighted by Crippen LogP contribution is 2.27. The van der Waals surface area contributed by atoms with E-state index in [-0.39, 0.29) is 21.5 Å². The molecule has 2 N–H and O–H groups in total. The van der Waals surface area contributed by atoms with E-state index in [2.05, 4.69) is 28.5 Å². The van der Waals surface area contributed by atoms with Crippen LogP contribution in [0.5, 0.6) is 0 Å². The van der Waals surface area contributed by atoms with Crippen LogP contribution in [0.15, 0.2) is 53.4 Å². The Morgan fingerprint density at radius 1 is 1.03 bits per heavy atom. The van der Waals surface area contributed by atoms with Crippen LogP contribution in [0.25, 0.3) is 11.4 Å². The van der Waals surface area contributed by atoms with Gasteiger partial charge in [0.25, 0.3) is 15.9 Å². The van der Waals surface area contributed by atoms with Crippen LogP contribution in [0, 0.1) is 0 Å². The SMILES string of the molecule is CC(C)c1cccc(-c2nc(C(=O)NS(=O)(=O)c3ccccc3Cl)c(C(C)C)[nH]2)c1. The van der Waals surface area contributed by atoms with Gasteiger partial charge in [0, 0.05) is 5.56 Å². The Bertz CT molecular complexity index is 1180. The predicted octanol–water partition coefficient (Wildman–Crippen LogP) is 5.10. The molecule has 0 radical (unpaired) electrons. The first-order valence-electron chi connectivity index (χ1n) is 9.62. The van der Waals surface area contributed by atoms with Gasteiger partial charge in [-0.05, 0) is 35.6 Å². The van der Waals surface area contributed by atoms with Crippen molar-refractivity contribution in [2.45, 2.75) is 44.4 Å². The van der Waals surface area contributed by atoms with Crippen molar-refractivity contribution in [1.82, 2.24) is 14.7 Å². The Kier molecular flexibility index (Phi) is 6.33. The van der Waals surface area contributed by atoms with E-state index in [0.717, 1.165) is 11.1 Å². The number of nitrogens with zero attached hydrogens (tertiary/aromatic N) is 1. The van der Waals surface area contributed by atoms with E-state index in [1.807, 2.05) is 38.1 Å². The van der Waals surface area contributed by atoms with Crippen molar-refractivity contribution < 1.29 is 13.2 Å². The molecule has 8 heteroatoms. The first kappa shape index (κ1) is 22.1. The first-order valence-corrected chi connectivity index (χ1v) is 11.5. The van der Waals surface area contributed by atoms with E-state index < -0.39 is 15.9 Å². The Hall–Kier alpha value is -2.64. The van der Waals surface area contributed by atoms with Gasteiger partial charge in [0.1, 0.15) is 10.7 Å². The number of benzene rings is 2. The Labute approximate surface area is 181 Å². The second kappa shape index (κ2) is 8.62. The van der Waals surface area contributed by atoms with Crippen molar-refractivity contribution >= 4 is 27.5 Å². The maximum atomic E-state index is 12.9. The summed E-state index contributed by atoms with van der Waals surface area (Å²) in [5.41, 5.74) is 2.58. The summed E-state index contributed by atoms with van der Waals surface area (Å²) in [6, 6.07) is 13.8. The highest BCUT2D eigenvalue weighted by atomic mass is 35.5. The zero-order chi connectivity index (χ0) is 22.1. The third kappa shape index (κ3) is 4.57. The number of hydrogen-bond acceptors (Lipinski definition) is 4. The van der Waals surface area contributed by atoms with Gasteiger partial charge in [-0.1, -0.05) is 69.6 Å². The quantitative estimate of drug-likeness (QED) is 0.552. The van der Waals surface area contributed by atoms with Crippen LogP contribution in [-0.4, -0.2) is 24.3 Å². The van der Waals surface area contributed by atoms with E-state index in [9.17, 15) is 13.2 Å². The molecule has 1 heterocycles. The van der Waals surface area contributed by atoms with E-state index in [0.29, 0.717) is 17.4 Å².